The highest BCUT2D eigenvalue weighted by Crippen LogP contribution is 2.16. The average Bonchev–Trinajstić information content (AvgIpc) is 2.76. The van der Waals surface area contributed by atoms with E-state index in [0.29, 0.717) is 35.9 Å². The van der Waals surface area contributed by atoms with Crippen molar-refractivity contribution in [3.05, 3.63) is 65.2 Å². The summed E-state index contributed by atoms with van der Waals surface area (Å²) in [5.74, 6) is 2.71. The molecule has 0 heterocycles. The van der Waals surface area contributed by atoms with E-state index in [1.807, 2.05) is 6.92 Å². The van der Waals surface area contributed by atoms with Crippen LogP contribution in [-0.4, -0.2) is 37.7 Å². The van der Waals surface area contributed by atoms with Gasteiger partial charge in [0.1, 0.15) is 6.61 Å². The van der Waals surface area contributed by atoms with Crippen LogP contribution in [0.2, 0.25) is 0 Å². The molecule has 0 saturated carbocycles. The Labute approximate surface area is 208 Å². The molecule has 0 saturated heterocycles. The van der Waals surface area contributed by atoms with Crippen LogP contribution >= 0.6 is 24.0 Å². The number of carbonyl (C=O) groups excluding carboxylic acids is 1. The maximum absolute atomic E-state index is 12.2. The van der Waals surface area contributed by atoms with Crippen molar-refractivity contribution in [2.75, 3.05) is 25.0 Å². The molecule has 0 radical (unpaired) electrons. The Hall–Kier alpha value is -2.78. The summed E-state index contributed by atoms with van der Waals surface area (Å²) in [5, 5.41) is 8.76. The number of amides is 1. The summed E-state index contributed by atoms with van der Waals surface area (Å²) in [6.07, 6.45) is 1.02. The predicted molar refractivity (Wildman–Crippen MR) is 133 cm³/mol. The highest BCUT2D eigenvalue weighted by atomic mass is 127. The van der Waals surface area contributed by atoms with E-state index in [0.717, 1.165) is 5.56 Å². The van der Waals surface area contributed by atoms with E-state index in [9.17, 15) is 18.0 Å². The maximum atomic E-state index is 12.2. The second-order valence-corrected chi connectivity index (χ2v) is 6.75. The normalized spacial score (nSPS) is 11.2. The van der Waals surface area contributed by atoms with Gasteiger partial charge in [-0.15, -0.1) is 30.4 Å². The quantitative estimate of drug-likeness (QED) is 0.183. The SMILES string of the molecule is C#Cc1cccc(NC(=O)CNC(=NCc2ccc(COCC(F)(F)F)cc2)NCC)c1.I. The second-order valence-electron chi connectivity index (χ2n) is 6.75. The molecule has 0 spiro atoms. The Kier molecular flexibility index (Phi) is 12.3. The molecule has 0 bridgehead atoms. The zero-order chi connectivity index (χ0) is 23.4. The number of aliphatic imine (C=N–C) groups is 1. The Morgan fingerprint density at radius 2 is 1.82 bits per heavy atom. The smallest absolute Gasteiger partial charge is 0.367 e. The molecule has 0 aliphatic rings. The zero-order valence-electron chi connectivity index (χ0n) is 18.0. The molecular weight excluding hydrogens is 548 g/mol. The molecule has 178 valence electrons. The first-order valence-corrected chi connectivity index (χ1v) is 9.90. The lowest BCUT2D eigenvalue weighted by Crippen LogP contribution is -2.41. The fourth-order valence-corrected chi connectivity index (χ4v) is 2.59. The summed E-state index contributed by atoms with van der Waals surface area (Å²) in [5.41, 5.74) is 2.77. The molecule has 1 amide bonds. The standard InChI is InChI=1S/C23H25F3N4O2.HI/c1-3-17-6-5-7-20(12-17)30-21(31)14-29-22(27-4-2)28-13-18-8-10-19(11-9-18)15-32-16-23(24,25)26;/h1,5-12H,4,13-16H2,2H3,(H,30,31)(H2,27,28,29);1H. The van der Waals surface area contributed by atoms with E-state index in [4.69, 9.17) is 6.42 Å². The number of terminal acetylenes is 1. The molecule has 2 rings (SSSR count). The number of hydrogen-bond donors (Lipinski definition) is 3. The van der Waals surface area contributed by atoms with Crippen molar-refractivity contribution in [2.24, 2.45) is 4.99 Å². The highest BCUT2D eigenvalue weighted by molar-refractivity contribution is 14.0. The zero-order valence-corrected chi connectivity index (χ0v) is 20.4. The van der Waals surface area contributed by atoms with Crippen LogP contribution in [0, 0.1) is 12.3 Å². The minimum atomic E-state index is -4.34. The Morgan fingerprint density at radius 3 is 2.45 bits per heavy atom. The van der Waals surface area contributed by atoms with Crippen molar-refractivity contribution in [1.29, 1.82) is 0 Å². The first-order valence-electron chi connectivity index (χ1n) is 9.90. The Morgan fingerprint density at radius 1 is 1.12 bits per heavy atom. The first-order chi connectivity index (χ1) is 15.3. The monoisotopic (exact) mass is 574 g/mol. The number of nitrogens with zero attached hydrogens (tertiary/aromatic N) is 1. The van der Waals surface area contributed by atoms with Crippen LogP contribution in [0.5, 0.6) is 0 Å². The third-order valence-electron chi connectivity index (χ3n) is 4.05. The second kappa shape index (κ2) is 14.4. The van der Waals surface area contributed by atoms with Crippen LogP contribution in [0.1, 0.15) is 23.6 Å². The number of hydrogen-bond acceptors (Lipinski definition) is 3. The number of benzene rings is 2. The van der Waals surface area contributed by atoms with Crippen molar-refractivity contribution in [2.45, 2.75) is 26.3 Å². The van der Waals surface area contributed by atoms with Gasteiger partial charge in [-0.25, -0.2) is 4.99 Å². The number of carbonyl (C=O) groups is 1. The predicted octanol–water partition coefficient (Wildman–Crippen LogP) is 4.06. The van der Waals surface area contributed by atoms with E-state index in [-0.39, 0.29) is 43.0 Å². The molecular formula is C23H26F3IN4O2. The Bertz CT molecular complexity index is 957. The van der Waals surface area contributed by atoms with Gasteiger partial charge >= 0.3 is 6.18 Å². The van der Waals surface area contributed by atoms with Crippen molar-refractivity contribution in [1.82, 2.24) is 10.6 Å². The summed E-state index contributed by atoms with van der Waals surface area (Å²) >= 11 is 0. The topological polar surface area (TPSA) is 74.8 Å². The van der Waals surface area contributed by atoms with E-state index >= 15 is 0 Å². The van der Waals surface area contributed by atoms with Gasteiger partial charge < -0.3 is 20.7 Å². The van der Waals surface area contributed by atoms with Crippen LogP contribution in [0.15, 0.2) is 53.5 Å². The fourth-order valence-electron chi connectivity index (χ4n) is 2.59. The number of guanidine groups is 1. The molecule has 0 aliphatic carbocycles. The van der Waals surface area contributed by atoms with Crippen LogP contribution in [0.3, 0.4) is 0 Å². The van der Waals surface area contributed by atoms with Crippen LogP contribution < -0.4 is 16.0 Å². The van der Waals surface area contributed by atoms with E-state index in [1.54, 1.807) is 48.5 Å². The summed E-state index contributed by atoms with van der Waals surface area (Å²) < 4.78 is 41.0. The molecule has 10 heteroatoms. The van der Waals surface area contributed by atoms with Gasteiger partial charge in [-0.2, -0.15) is 13.2 Å². The van der Waals surface area contributed by atoms with Crippen molar-refractivity contribution < 1.29 is 22.7 Å². The van der Waals surface area contributed by atoms with E-state index < -0.39 is 12.8 Å². The van der Waals surface area contributed by atoms with Gasteiger partial charge in [0.2, 0.25) is 5.91 Å². The Balaban J connectivity index is 0.00000544. The molecule has 2 aromatic carbocycles. The van der Waals surface area contributed by atoms with Gasteiger partial charge in [-0.1, -0.05) is 36.3 Å². The molecule has 3 N–H and O–H groups in total. The summed E-state index contributed by atoms with van der Waals surface area (Å²) in [6.45, 7) is 1.43. The van der Waals surface area contributed by atoms with Gasteiger partial charge in [0.25, 0.3) is 0 Å². The minimum Gasteiger partial charge on any atom is -0.367 e. The molecule has 0 atom stereocenters. The average molecular weight is 574 g/mol. The number of ether oxygens (including phenoxy) is 1. The number of rotatable bonds is 9. The first kappa shape index (κ1) is 28.3. The van der Waals surface area contributed by atoms with Crippen LogP contribution in [0.4, 0.5) is 18.9 Å². The summed E-state index contributed by atoms with van der Waals surface area (Å²) in [6, 6.07) is 13.9. The molecule has 0 aromatic heterocycles. The van der Waals surface area contributed by atoms with Crippen LogP contribution in [0.25, 0.3) is 0 Å². The third-order valence-corrected chi connectivity index (χ3v) is 4.05. The number of nitrogens with one attached hydrogen (secondary N) is 3. The number of halogens is 4. The van der Waals surface area contributed by atoms with E-state index in [2.05, 4.69) is 31.6 Å². The van der Waals surface area contributed by atoms with Gasteiger partial charge in [0.15, 0.2) is 5.96 Å². The fraction of sp³-hybridized carbons (Fsp3) is 0.304. The maximum Gasteiger partial charge on any atom is 0.411 e. The van der Waals surface area contributed by atoms with Crippen molar-refractivity contribution in [3.63, 3.8) is 0 Å². The van der Waals surface area contributed by atoms with Crippen LogP contribution in [-0.2, 0) is 22.7 Å². The molecule has 6 nitrogen and oxygen atoms in total. The minimum absolute atomic E-state index is 0. The lowest BCUT2D eigenvalue weighted by atomic mass is 10.1. The number of anilines is 1. The van der Waals surface area contributed by atoms with Gasteiger partial charge in [-0.05, 0) is 36.2 Å². The lowest BCUT2D eigenvalue weighted by molar-refractivity contribution is -0.176. The summed E-state index contributed by atoms with van der Waals surface area (Å²) in [7, 11) is 0. The van der Waals surface area contributed by atoms with Gasteiger partial charge in [0, 0.05) is 17.8 Å². The van der Waals surface area contributed by atoms with Gasteiger partial charge in [-0.3, -0.25) is 4.79 Å². The van der Waals surface area contributed by atoms with Crippen molar-refractivity contribution in [3.8, 4) is 12.3 Å². The van der Waals surface area contributed by atoms with Gasteiger partial charge in [0.05, 0.1) is 19.7 Å². The number of alkyl halides is 3. The highest BCUT2D eigenvalue weighted by Gasteiger charge is 2.27. The molecule has 2 aromatic rings. The molecule has 33 heavy (non-hydrogen) atoms. The molecule has 0 unspecified atom stereocenters. The molecule has 0 fully saturated rings. The third kappa shape index (κ3) is 11.6. The lowest BCUT2D eigenvalue weighted by Gasteiger charge is -2.12. The van der Waals surface area contributed by atoms with E-state index in [1.165, 1.54) is 0 Å². The largest absolute Gasteiger partial charge is 0.411 e. The molecule has 0 aliphatic heterocycles. The summed E-state index contributed by atoms with van der Waals surface area (Å²) in [4.78, 5) is 16.6. The van der Waals surface area contributed by atoms with Crippen molar-refractivity contribution >= 4 is 41.5 Å².